The summed E-state index contributed by atoms with van der Waals surface area (Å²) in [5.41, 5.74) is 3.05. The summed E-state index contributed by atoms with van der Waals surface area (Å²) in [4.78, 5) is 4.80. The third-order valence-corrected chi connectivity index (χ3v) is 4.49. The van der Waals surface area contributed by atoms with Crippen LogP contribution in [0.5, 0.6) is 5.75 Å². The van der Waals surface area contributed by atoms with E-state index >= 15 is 0 Å². The first kappa shape index (κ1) is 15.7. The third-order valence-electron chi connectivity index (χ3n) is 4.49. The molecule has 3 aromatic carbocycles. The van der Waals surface area contributed by atoms with Gasteiger partial charge in [0.25, 0.3) is 0 Å². The van der Waals surface area contributed by atoms with Crippen molar-refractivity contribution in [2.24, 2.45) is 4.99 Å². The second-order valence-corrected chi connectivity index (χ2v) is 6.93. The maximum Gasteiger partial charge on any atom is 0.217 e. The van der Waals surface area contributed by atoms with Crippen molar-refractivity contribution in [2.75, 3.05) is 13.7 Å². The van der Waals surface area contributed by atoms with Crippen LogP contribution in [0.15, 0.2) is 65.7 Å². The summed E-state index contributed by atoms with van der Waals surface area (Å²) in [5.74, 6) is 1.52. The molecular weight excluding hydrogens is 310 g/mol. The Balaban J connectivity index is 2.08. The molecule has 0 saturated carbocycles. The van der Waals surface area contributed by atoms with Crippen LogP contribution in [-0.4, -0.2) is 25.2 Å². The van der Waals surface area contributed by atoms with Gasteiger partial charge in [0.15, 0.2) is 0 Å². The quantitative estimate of drug-likeness (QED) is 0.671. The third kappa shape index (κ3) is 2.76. The summed E-state index contributed by atoms with van der Waals surface area (Å²) in [6.07, 6.45) is 0. The SMILES string of the molecule is COc1cc(C2=NC(C)(C)CO2)c(-c2ccccc2)c2ccccc12. The number of rotatable bonds is 3. The van der Waals surface area contributed by atoms with E-state index in [1.165, 1.54) is 0 Å². The van der Waals surface area contributed by atoms with Gasteiger partial charge in [-0.15, -0.1) is 0 Å². The highest BCUT2D eigenvalue weighted by atomic mass is 16.5. The summed E-state index contributed by atoms with van der Waals surface area (Å²) in [6.45, 7) is 4.76. The molecule has 0 bridgehead atoms. The Bertz CT molecular complexity index is 958. The number of benzene rings is 3. The van der Waals surface area contributed by atoms with E-state index in [4.69, 9.17) is 14.5 Å². The van der Waals surface area contributed by atoms with Crippen molar-refractivity contribution in [3.05, 3.63) is 66.2 Å². The van der Waals surface area contributed by atoms with Gasteiger partial charge in [0.05, 0.1) is 12.6 Å². The average molecular weight is 331 g/mol. The molecule has 0 fully saturated rings. The Morgan fingerprint density at radius 1 is 0.960 bits per heavy atom. The second-order valence-electron chi connectivity index (χ2n) is 6.93. The maximum absolute atomic E-state index is 5.96. The molecule has 0 amide bonds. The molecule has 3 nitrogen and oxygen atoms in total. The molecule has 0 spiro atoms. The molecule has 126 valence electrons. The number of ether oxygens (including phenoxy) is 2. The molecule has 0 atom stereocenters. The Labute approximate surface area is 147 Å². The van der Waals surface area contributed by atoms with Gasteiger partial charge < -0.3 is 9.47 Å². The van der Waals surface area contributed by atoms with Gasteiger partial charge in [0.2, 0.25) is 5.90 Å². The van der Waals surface area contributed by atoms with E-state index in [2.05, 4.69) is 56.3 Å². The second kappa shape index (κ2) is 5.92. The fourth-order valence-corrected chi connectivity index (χ4v) is 3.32. The van der Waals surface area contributed by atoms with Crippen molar-refractivity contribution in [3.8, 4) is 16.9 Å². The summed E-state index contributed by atoms with van der Waals surface area (Å²) < 4.78 is 11.6. The fourth-order valence-electron chi connectivity index (χ4n) is 3.32. The zero-order valence-electron chi connectivity index (χ0n) is 14.7. The smallest absolute Gasteiger partial charge is 0.217 e. The van der Waals surface area contributed by atoms with Crippen LogP contribution in [-0.2, 0) is 4.74 Å². The summed E-state index contributed by atoms with van der Waals surface area (Å²) >= 11 is 0. The summed E-state index contributed by atoms with van der Waals surface area (Å²) in [6, 6.07) is 20.7. The maximum atomic E-state index is 5.96. The molecule has 4 rings (SSSR count). The van der Waals surface area contributed by atoms with Crippen LogP contribution in [0.25, 0.3) is 21.9 Å². The minimum absolute atomic E-state index is 0.206. The van der Waals surface area contributed by atoms with Gasteiger partial charge in [-0.1, -0.05) is 54.6 Å². The zero-order valence-corrected chi connectivity index (χ0v) is 14.7. The van der Waals surface area contributed by atoms with E-state index in [0.717, 1.165) is 33.2 Å². The molecule has 0 radical (unpaired) electrons. The van der Waals surface area contributed by atoms with Crippen molar-refractivity contribution in [1.82, 2.24) is 0 Å². The van der Waals surface area contributed by atoms with E-state index in [1.54, 1.807) is 7.11 Å². The monoisotopic (exact) mass is 331 g/mol. The predicted molar refractivity (Wildman–Crippen MR) is 103 cm³/mol. The number of hydrogen-bond donors (Lipinski definition) is 0. The van der Waals surface area contributed by atoms with Gasteiger partial charge in [-0.05, 0) is 30.9 Å². The van der Waals surface area contributed by atoms with Crippen molar-refractivity contribution < 1.29 is 9.47 Å². The van der Waals surface area contributed by atoms with E-state index in [9.17, 15) is 0 Å². The topological polar surface area (TPSA) is 30.8 Å². The first-order valence-corrected chi connectivity index (χ1v) is 8.47. The van der Waals surface area contributed by atoms with Crippen LogP contribution >= 0.6 is 0 Å². The Hall–Kier alpha value is -2.81. The van der Waals surface area contributed by atoms with Crippen molar-refractivity contribution >= 4 is 16.7 Å². The summed E-state index contributed by atoms with van der Waals surface area (Å²) in [5, 5.41) is 2.23. The standard InChI is InChI=1S/C22H21NO2/c1-22(2)14-25-21(23-22)18-13-19(24-3)16-11-7-8-12-17(16)20(18)15-9-5-4-6-10-15/h4-13H,14H2,1-3H3. The highest BCUT2D eigenvalue weighted by Gasteiger charge is 2.29. The van der Waals surface area contributed by atoms with Gasteiger partial charge in [-0.3, -0.25) is 0 Å². The predicted octanol–water partition coefficient (Wildman–Crippen LogP) is 5.07. The molecule has 1 aliphatic heterocycles. The normalized spacial score (nSPS) is 15.7. The lowest BCUT2D eigenvalue weighted by atomic mass is 9.92. The molecule has 1 aliphatic rings. The summed E-state index contributed by atoms with van der Waals surface area (Å²) in [7, 11) is 1.70. The zero-order chi connectivity index (χ0) is 17.4. The Kier molecular flexibility index (Phi) is 3.72. The number of nitrogens with zero attached hydrogens (tertiary/aromatic N) is 1. The van der Waals surface area contributed by atoms with Crippen LogP contribution in [0.4, 0.5) is 0 Å². The number of fused-ring (bicyclic) bond motifs is 1. The van der Waals surface area contributed by atoms with E-state index in [-0.39, 0.29) is 5.54 Å². The number of hydrogen-bond acceptors (Lipinski definition) is 3. The molecule has 0 aromatic heterocycles. The lowest BCUT2D eigenvalue weighted by Crippen LogP contribution is -2.17. The van der Waals surface area contributed by atoms with Crippen LogP contribution in [0.1, 0.15) is 19.4 Å². The van der Waals surface area contributed by atoms with Gasteiger partial charge in [0, 0.05) is 16.5 Å². The van der Waals surface area contributed by atoms with Crippen LogP contribution < -0.4 is 4.74 Å². The Morgan fingerprint density at radius 3 is 2.28 bits per heavy atom. The van der Waals surface area contributed by atoms with E-state index < -0.39 is 0 Å². The molecule has 0 aliphatic carbocycles. The number of aliphatic imine (C=N–C) groups is 1. The lowest BCUT2D eigenvalue weighted by Gasteiger charge is -2.16. The van der Waals surface area contributed by atoms with Gasteiger partial charge in [0.1, 0.15) is 12.4 Å². The highest BCUT2D eigenvalue weighted by Crippen LogP contribution is 2.39. The molecule has 0 saturated heterocycles. The van der Waals surface area contributed by atoms with Crippen LogP contribution in [0.2, 0.25) is 0 Å². The minimum atomic E-state index is -0.206. The molecule has 0 unspecified atom stereocenters. The fraction of sp³-hybridized carbons (Fsp3) is 0.227. The van der Waals surface area contributed by atoms with Crippen LogP contribution in [0.3, 0.4) is 0 Å². The molecule has 3 heteroatoms. The van der Waals surface area contributed by atoms with Gasteiger partial charge >= 0.3 is 0 Å². The van der Waals surface area contributed by atoms with Crippen molar-refractivity contribution in [1.29, 1.82) is 0 Å². The van der Waals surface area contributed by atoms with Crippen molar-refractivity contribution in [3.63, 3.8) is 0 Å². The van der Waals surface area contributed by atoms with Crippen LogP contribution in [0, 0.1) is 0 Å². The van der Waals surface area contributed by atoms with Gasteiger partial charge in [-0.2, -0.15) is 0 Å². The average Bonchev–Trinajstić information content (AvgIpc) is 3.00. The molecule has 3 aromatic rings. The molecule has 25 heavy (non-hydrogen) atoms. The van der Waals surface area contributed by atoms with E-state index in [1.807, 2.05) is 18.2 Å². The minimum Gasteiger partial charge on any atom is -0.496 e. The van der Waals surface area contributed by atoms with Crippen molar-refractivity contribution in [2.45, 2.75) is 19.4 Å². The molecule has 1 heterocycles. The first-order chi connectivity index (χ1) is 12.1. The molecular formula is C22H21NO2. The van der Waals surface area contributed by atoms with Gasteiger partial charge in [-0.25, -0.2) is 4.99 Å². The Morgan fingerprint density at radius 2 is 1.64 bits per heavy atom. The largest absolute Gasteiger partial charge is 0.496 e. The lowest BCUT2D eigenvalue weighted by molar-refractivity contribution is 0.279. The number of methoxy groups -OCH3 is 1. The molecule has 0 N–H and O–H groups in total. The first-order valence-electron chi connectivity index (χ1n) is 8.47. The highest BCUT2D eigenvalue weighted by molar-refractivity contribution is 6.12. The van der Waals surface area contributed by atoms with E-state index in [0.29, 0.717) is 12.5 Å².